The van der Waals surface area contributed by atoms with E-state index in [1.807, 2.05) is 10.9 Å². The van der Waals surface area contributed by atoms with E-state index in [4.69, 9.17) is 4.74 Å². The van der Waals surface area contributed by atoms with Crippen LogP contribution in [0.15, 0.2) is 30.7 Å². The third kappa shape index (κ3) is 2.55. The van der Waals surface area contributed by atoms with Gasteiger partial charge in [-0.3, -0.25) is 0 Å². The summed E-state index contributed by atoms with van der Waals surface area (Å²) in [7, 11) is 0. The number of rotatable bonds is 2. The van der Waals surface area contributed by atoms with Crippen molar-refractivity contribution in [1.29, 1.82) is 0 Å². The van der Waals surface area contributed by atoms with E-state index < -0.39 is 0 Å². The minimum atomic E-state index is 0.733. The van der Waals surface area contributed by atoms with Crippen LogP contribution >= 0.6 is 0 Å². The van der Waals surface area contributed by atoms with Gasteiger partial charge in [-0.25, -0.2) is 14.6 Å². The average molecular weight is 309 g/mol. The molecule has 1 fully saturated rings. The molecule has 0 spiro atoms. The molecule has 0 saturated carbocycles. The molecular weight excluding hydrogens is 290 g/mol. The van der Waals surface area contributed by atoms with E-state index in [2.05, 4.69) is 52.0 Å². The van der Waals surface area contributed by atoms with Crippen molar-refractivity contribution in [1.82, 2.24) is 19.7 Å². The van der Waals surface area contributed by atoms with Crippen LogP contribution in [0, 0.1) is 13.8 Å². The first-order chi connectivity index (χ1) is 11.2. The molecule has 118 valence electrons. The smallest absolute Gasteiger partial charge is 0.168 e. The molecule has 3 heterocycles. The molecule has 1 aliphatic heterocycles. The van der Waals surface area contributed by atoms with Crippen molar-refractivity contribution in [3.8, 4) is 5.69 Å². The number of anilines is 1. The van der Waals surface area contributed by atoms with E-state index in [0.717, 1.165) is 48.8 Å². The molecule has 6 nitrogen and oxygen atoms in total. The summed E-state index contributed by atoms with van der Waals surface area (Å²) in [6, 6.07) is 6.40. The predicted molar refractivity (Wildman–Crippen MR) is 89.2 cm³/mol. The fourth-order valence-electron chi connectivity index (χ4n) is 3.12. The van der Waals surface area contributed by atoms with Gasteiger partial charge in [-0.05, 0) is 37.1 Å². The predicted octanol–water partition coefficient (Wildman–Crippen LogP) is 2.27. The maximum absolute atomic E-state index is 5.43. The maximum Gasteiger partial charge on any atom is 0.168 e. The summed E-state index contributed by atoms with van der Waals surface area (Å²) in [5.41, 5.74) is 4.30. The zero-order valence-corrected chi connectivity index (χ0v) is 13.4. The summed E-state index contributed by atoms with van der Waals surface area (Å²) in [5.74, 6) is 0.939. The number of ether oxygens (including phenoxy) is 1. The first kappa shape index (κ1) is 14.1. The van der Waals surface area contributed by atoms with Gasteiger partial charge in [0.1, 0.15) is 12.1 Å². The summed E-state index contributed by atoms with van der Waals surface area (Å²) >= 11 is 0. The second-order valence-electron chi connectivity index (χ2n) is 5.94. The van der Waals surface area contributed by atoms with Crippen LogP contribution in [0.5, 0.6) is 0 Å². The van der Waals surface area contributed by atoms with Crippen LogP contribution in [0.2, 0.25) is 0 Å². The average Bonchev–Trinajstić information content (AvgIpc) is 2.99. The van der Waals surface area contributed by atoms with Gasteiger partial charge in [-0.15, -0.1) is 0 Å². The Balaban J connectivity index is 1.83. The van der Waals surface area contributed by atoms with E-state index in [-0.39, 0.29) is 0 Å². The van der Waals surface area contributed by atoms with Crippen molar-refractivity contribution in [2.24, 2.45) is 0 Å². The molecule has 0 atom stereocenters. The van der Waals surface area contributed by atoms with Crippen molar-refractivity contribution >= 4 is 16.9 Å². The largest absolute Gasteiger partial charge is 0.378 e. The van der Waals surface area contributed by atoms with E-state index in [1.54, 1.807) is 6.33 Å². The Kier molecular flexibility index (Phi) is 3.46. The molecule has 2 aromatic heterocycles. The SMILES string of the molecule is Cc1cc(C)cc(-n2ncc3c(N4CCOCC4)ncnc32)c1. The minimum absolute atomic E-state index is 0.733. The van der Waals surface area contributed by atoms with E-state index in [1.165, 1.54) is 11.1 Å². The second-order valence-corrected chi connectivity index (χ2v) is 5.94. The molecule has 0 unspecified atom stereocenters. The molecule has 1 aliphatic rings. The lowest BCUT2D eigenvalue weighted by molar-refractivity contribution is 0.122. The molecule has 1 aromatic carbocycles. The first-order valence-corrected chi connectivity index (χ1v) is 7.82. The summed E-state index contributed by atoms with van der Waals surface area (Å²) in [4.78, 5) is 11.2. The molecule has 0 radical (unpaired) electrons. The maximum atomic E-state index is 5.43. The van der Waals surface area contributed by atoms with Crippen molar-refractivity contribution in [2.75, 3.05) is 31.2 Å². The number of benzene rings is 1. The lowest BCUT2D eigenvalue weighted by Crippen LogP contribution is -2.36. The van der Waals surface area contributed by atoms with E-state index in [9.17, 15) is 0 Å². The van der Waals surface area contributed by atoms with E-state index in [0.29, 0.717) is 0 Å². The summed E-state index contributed by atoms with van der Waals surface area (Å²) in [6.07, 6.45) is 3.48. The number of hydrogen-bond donors (Lipinski definition) is 0. The number of nitrogens with zero attached hydrogens (tertiary/aromatic N) is 5. The lowest BCUT2D eigenvalue weighted by atomic mass is 10.1. The van der Waals surface area contributed by atoms with Gasteiger partial charge in [0.15, 0.2) is 5.65 Å². The van der Waals surface area contributed by atoms with Gasteiger partial charge in [0.2, 0.25) is 0 Å². The van der Waals surface area contributed by atoms with Crippen LogP contribution in [0.25, 0.3) is 16.7 Å². The van der Waals surface area contributed by atoms with Crippen LogP contribution in [-0.2, 0) is 4.74 Å². The number of fused-ring (bicyclic) bond motifs is 1. The Morgan fingerprint density at radius 2 is 1.74 bits per heavy atom. The van der Waals surface area contributed by atoms with Gasteiger partial charge in [0.25, 0.3) is 0 Å². The highest BCUT2D eigenvalue weighted by Gasteiger charge is 2.18. The van der Waals surface area contributed by atoms with Gasteiger partial charge in [0, 0.05) is 13.1 Å². The van der Waals surface area contributed by atoms with Crippen molar-refractivity contribution in [2.45, 2.75) is 13.8 Å². The molecule has 23 heavy (non-hydrogen) atoms. The van der Waals surface area contributed by atoms with Gasteiger partial charge in [-0.2, -0.15) is 5.10 Å². The summed E-state index contributed by atoms with van der Waals surface area (Å²) in [5, 5.41) is 5.54. The van der Waals surface area contributed by atoms with Crippen LogP contribution in [0.1, 0.15) is 11.1 Å². The number of aryl methyl sites for hydroxylation is 2. The Morgan fingerprint density at radius 1 is 1.00 bits per heavy atom. The third-order valence-electron chi connectivity index (χ3n) is 4.11. The molecule has 0 amide bonds. The summed E-state index contributed by atoms with van der Waals surface area (Å²) < 4.78 is 7.32. The lowest BCUT2D eigenvalue weighted by Gasteiger charge is -2.27. The Bertz CT molecular complexity index is 831. The van der Waals surface area contributed by atoms with Gasteiger partial charge >= 0.3 is 0 Å². The van der Waals surface area contributed by atoms with Crippen molar-refractivity contribution < 1.29 is 4.74 Å². The van der Waals surface area contributed by atoms with Crippen molar-refractivity contribution in [3.05, 3.63) is 41.9 Å². The van der Waals surface area contributed by atoms with Crippen LogP contribution in [0.4, 0.5) is 5.82 Å². The molecular formula is C17H19N5O. The Morgan fingerprint density at radius 3 is 2.48 bits per heavy atom. The standard InChI is InChI=1S/C17H19N5O/c1-12-7-13(2)9-14(8-12)22-17-15(10-20-22)16(18-11-19-17)21-3-5-23-6-4-21/h7-11H,3-6H2,1-2H3. The highest BCUT2D eigenvalue weighted by Crippen LogP contribution is 2.25. The number of morpholine rings is 1. The second kappa shape index (κ2) is 5.62. The summed E-state index contributed by atoms with van der Waals surface area (Å²) in [6.45, 7) is 7.35. The zero-order chi connectivity index (χ0) is 15.8. The van der Waals surface area contributed by atoms with Gasteiger partial charge in [-0.1, -0.05) is 6.07 Å². The van der Waals surface area contributed by atoms with Crippen LogP contribution in [-0.4, -0.2) is 46.1 Å². The first-order valence-electron chi connectivity index (χ1n) is 7.82. The van der Waals surface area contributed by atoms with Crippen molar-refractivity contribution in [3.63, 3.8) is 0 Å². The Hall–Kier alpha value is -2.47. The van der Waals surface area contributed by atoms with Crippen LogP contribution < -0.4 is 4.90 Å². The molecule has 0 N–H and O–H groups in total. The molecule has 3 aromatic rings. The zero-order valence-electron chi connectivity index (χ0n) is 13.4. The molecule has 6 heteroatoms. The fraction of sp³-hybridized carbons (Fsp3) is 0.353. The van der Waals surface area contributed by atoms with E-state index >= 15 is 0 Å². The third-order valence-corrected chi connectivity index (χ3v) is 4.11. The minimum Gasteiger partial charge on any atom is -0.378 e. The number of hydrogen-bond acceptors (Lipinski definition) is 5. The molecule has 0 bridgehead atoms. The molecule has 0 aliphatic carbocycles. The number of aromatic nitrogens is 4. The normalized spacial score (nSPS) is 15.3. The van der Waals surface area contributed by atoms with Gasteiger partial charge < -0.3 is 9.64 Å². The highest BCUT2D eigenvalue weighted by atomic mass is 16.5. The topological polar surface area (TPSA) is 56.1 Å². The highest BCUT2D eigenvalue weighted by molar-refractivity contribution is 5.87. The quantitative estimate of drug-likeness (QED) is 0.727. The Labute approximate surface area is 134 Å². The fourth-order valence-corrected chi connectivity index (χ4v) is 3.12. The van der Waals surface area contributed by atoms with Crippen LogP contribution in [0.3, 0.4) is 0 Å². The molecule has 1 saturated heterocycles. The monoisotopic (exact) mass is 309 g/mol. The molecule has 4 rings (SSSR count). The van der Waals surface area contributed by atoms with Gasteiger partial charge in [0.05, 0.1) is 30.5 Å².